The van der Waals surface area contributed by atoms with Crippen LogP contribution < -0.4 is 10.6 Å². The predicted molar refractivity (Wildman–Crippen MR) is 59.5 cm³/mol. The first-order chi connectivity index (χ1) is 6.83. The molecule has 4 nitrogen and oxygen atoms in total. The molecule has 1 saturated carbocycles. The van der Waals surface area contributed by atoms with Gasteiger partial charge in [-0.25, -0.2) is 0 Å². The third-order valence-corrected chi connectivity index (χ3v) is 2.95. The van der Waals surface area contributed by atoms with E-state index < -0.39 is 11.6 Å². The molecule has 0 spiro atoms. The number of hydrogen-bond donors (Lipinski definition) is 3. The van der Waals surface area contributed by atoms with Crippen LogP contribution in [0, 0.1) is 0 Å². The van der Waals surface area contributed by atoms with Gasteiger partial charge in [-0.3, -0.25) is 10.1 Å². The van der Waals surface area contributed by atoms with E-state index >= 15 is 0 Å². The lowest BCUT2D eigenvalue weighted by Gasteiger charge is -2.32. The van der Waals surface area contributed by atoms with E-state index in [1.807, 2.05) is 20.8 Å². The zero-order chi connectivity index (χ0) is 11.6. The van der Waals surface area contributed by atoms with Gasteiger partial charge in [0.25, 0.3) is 0 Å². The van der Waals surface area contributed by atoms with Gasteiger partial charge < -0.3 is 10.4 Å². The summed E-state index contributed by atoms with van der Waals surface area (Å²) in [6.07, 6.45) is 1.70. The molecule has 2 atom stereocenters. The van der Waals surface area contributed by atoms with E-state index in [4.69, 9.17) is 0 Å². The van der Waals surface area contributed by atoms with Crippen LogP contribution in [0.1, 0.15) is 40.5 Å². The Morgan fingerprint density at radius 3 is 2.33 bits per heavy atom. The van der Waals surface area contributed by atoms with E-state index in [-0.39, 0.29) is 11.9 Å². The fraction of sp³-hybridized carbons (Fsp3) is 0.909. The maximum atomic E-state index is 11.6. The van der Waals surface area contributed by atoms with Crippen LogP contribution in [0.25, 0.3) is 0 Å². The third-order valence-electron chi connectivity index (χ3n) is 2.95. The molecule has 1 rings (SSSR count). The second-order valence-corrected chi connectivity index (χ2v) is 5.05. The summed E-state index contributed by atoms with van der Waals surface area (Å²) in [6, 6.07) is 0.117. The van der Waals surface area contributed by atoms with Crippen molar-refractivity contribution in [1.29, 1.82) is 0 Å². The molecule has 0 radical (unpaired) electrons. The van der Waals surface area contributed by atoms with Crippen LogP contribution in [0.15, 0.2) is 0 Å². The van der Waals surface area contributed by atoms with E-state index in [1.54, 1.807) is 6.92 Å². The average Bonchev–Trinajstić information content (AvgIpc) is 2.86. The molecule has 0 aromatic carbocycles. The molecule has 1 aliphatic carbocycles. The van der Waals surface area contributed by atoms with E-state index in [2.05, 4.69) is 10.6 Å². The topological polar surface area (TPSA) is 61.4 Å². The number of carbonyl (C=O) groups is 1. The molecule has 0 aliphatic heterocycles. The molecule has 1 fully saturated rings. The van der Waals surface area contributed by atoms with Gasteiger partial charge in [0, 0.05) is 11.6 Å². The van der Waals surface area contributed by atoms with E-state index in [1.165, 1.54) is 0 Å². The average molecular weight is 214 g/mol. The van der Waals surface area contributed by atoms with Crippen molar-refractivity contribution >= 4 is 5.91 Å². The number of rotatable bonds is 5. The van der Waals surface area contributed by atoms with Crippen LogP contribution in [0.2, 0.25) is 0 Å². The van der Waals surface area contributed by atoms with Gasteiger partial charge in [0.2, 0.25) is 5.91 Å². The Hall–Kier alpha value is -0.610. The molecular formula is C11H22N2O2. The molecule has 0 heterocycles. The lowest BCUT2D eigenvalue weighted by Crippen LogP contribution is -2.56. The number of amides is 1. The summed E-state index contributed by atoms with van der Waals surface area (Å²) in [5, 5.41) is 15.6. The van der Waals surface area contributed by atoms with Crippen LogP contribution in [0.3, 0.4) is 0 Å². The zero-order valence-electron chi connectivity index (χ0n) is 10.0. The minimum absolute atomic E-state index is 0.0197. The van der Waals surface area contributed by atoms with Gasteiger partial charge >= 0.3 is 0 Å². The summed E-state index contributed by atoms with van der Waals surface area (Å²) in [7, 11) is 0. The van der Waals surface area contributed by atoms with Crippen molar-refractivity contribution in [3.8, 4) is 0 Å². The summed E-state index contributed by atoms with van der Waals surface area (Å²) in [4.78, 5) is 11.6. The number of hydrogen-bond acceptors (Lipinski definition) is 3. The van der Waals surface area contributed by atoms with Crippen molar-refractivity contribution in [2.24, 2.45) is 0 Å². The number of nitrogens with one attached hydrogen (secondary N) is 2. The van der Waals surface area contributed by atoms with E-state index in [0.717, 1.165) is 12.8 Å². The normalized spacial score (nSPS) is 20.9. The first-order valence-corrected chi connectivity index (χ1v) is 5.59. The maximum absolute atomic E-state index is 11.6. The highest BCUT2D eigenvalue weighted by atomic mass is 16.3. The second kappa shape index (κ2) is 4.49. The summed E-state index contributed by atoms with van der Waals surface area (Å²) in [5.74, 6) is 0.0197. The highest BCUT2D eigenvalue weighted by molar-refractivity contribution is 5.81. The fourth-order valence-electron chi connectivity index (χ4n) is 1.30. The van der Waals surface area contributed by atoms with Gasteiger partial charge in [0.1, 0.15) is 0 Å². The summed E-state index contributed by atoms with van der Waals surface area (Å²) in [6.45, 7) is 7.32. The quantitative estimate of drug-likeness (QED) is 0.621. The first kappa shape index (κ1) is 12.5. The van der Waals surface area contributed by atoms with Crippen LogP contribution in [-0.4, -0.2) is 34.7 Å². The van der Waals surface area contributed by atoms with Crippen molar-refractivity contribution in [3.05, 3.63) is 0 Å². The fourth-order valence-corrected chi connectivity index (χ4v) is 1.30. The van der Waals surface area contributed by atoms with Gasteiger partial charge in [-0.1, -0.05) is 0 Å². The lowest BCUT2D eigenvalue weighted by atomic mass is 9.97. The number of carbonyl (C=O) groups excluding carboxylic acids is 1. The van der Waals surface area contributed by atoms with Crippen molar-refractivity contribution in [2.45, 2.75) is 64.3 Å². The molecule has 0 saturated heterocycles. The van der Waals surface area contributed by atoms with Gasteiger partial charge in [-0.15, -0.1) is 0 Å². The van der Waals surface area contributed by atoms with E-state index in [9.17, 15) is 9.90 Å². The lowest BCUT2D eigenvalue weighted by molar-refractivity contribution is -0.123. The van der Waals surface area contributed by atoms with Crippen LogP contribution in [0.5, 0.6) is 0 Å². The molecule has 4 heteroatoms. The Morgan fingerprint density at radius 2 is 1.93 bits per heavy atom. The van der Waals surface area contributed by atoms with Gasteiger partial charge in [-0.05, 0) is 40.5 Å². The highest BCUT2D eigenvalue weighted by Gasteiger charge is 2.30. The minimum Gasteiger partial charge on any atom is -0.392 e. The Morgan fingerprint density at radius 1 is 1.40 bits per heavy atom. The zero-order valence-corrected chi connectivity index (χ0v) is 10.0. The highest BCUT2D eigenvalue weighted by Crippen LogP contribution is 2.19. The summed E-state index contributed by atoms with van der Waals surface area (Å²) in [5.41, 5.74) is -0.444. The van der Waals surface area contributed by atoms with Gasteiger partial charge in [0.05, 0.1) is 12.1 Å². The molecule has 2 unspecified atom stereocenters. The largest absolute Gasteiger partial charge is 0.392 e. The number of aliphatic hydroxyl groups is 1. The Balaban J connectivity index is 2.38. The molecule has 15 heavy (non-hydrogen) atoms. The standard InChI is InChI=1S/C11H22N2O2/c1-7(10(15)12-9-5-6-9)13-11(3,4)8(2)14/h7-9,13-14H,5-6H2,1-4H3,(H,12,15). The Bertz CT molecular complexity index is 235. The number of aliphatic hydroxyl groups excluding tert-OH is 1. The minimum atomic E-state index is -0.492. The molecular weight excluding hydrogens is 192 g/mol. The molecule has 1 aliphatic rings. The molecule has 3 N–H and O–H groups in total. The smallest absolute Gasteiger partial charge is 0.237 e. The Labute approximate surface area is 91.4 Å². The Kier molecular flexibility index (Phi) is 3.73. The second-order valence-electron chi connectivity index (χ2n) is 5.05. The monoisotopic (exact) mass is 214 g/mol. The van der Waals surface area contributed by atoms with Crippen molar-refractivity contribution < 1.29 is 9.90 Å². The predicted octanol–water partition coefficient (Wildman–Crippen LogP) is 0.402. The van der Waals surface area contributed by atoms with E-state index in [0.29, 0.717) is 6.04 Å². The molecule has 0 aromatic heterocycles. The van der Waals surface area contributed by atoms with Crippen LogP contribution >= 0.6 is 0 Å². The van der Waals surface area contributed by atoms with Gasteiger partial charge in [0.15, 0.2) is 0 Å². The molecule has 88 valence electrons. The molecule has 1 amide bonds. The van der Waals surface area contributed by atoms with Crippen molar-refractivity contribution in [3.63, 3.8) is 0 Å². The SMILES string of the molecule is CC(NC(C)(C)C(C)O)C(=O)NC1CC1. The van der Waals surface area contributed by atoms with Crippen LogP contribution in [-0.2, 0) is 4.79 Å². The molecule has 0 bridgehead atoms. The van der Waals surface area contributed by atoms with Crippen molar-refractivity contribution in [1.82, 2.24) is 10.6 Å². The third kappa shape index (κ3) is 3.80. The molecule has 0 aromatic rings. The summed E-state index contributed by atoms with van der Waals surface area (Å²) < 4.78 is 0. The first-order valence-electron chi connectivity index (χ1n) is 5.59. The summed E-state index contributed by atoms with van der Waals surface area (Å²) >= 11 is 0. The maximum Gasteiger partial charge on any atom is 0.237 e. The van der Waals surface area contributed by atoms with Gasteiger partial charge in [-0.2, -0.15) is 0 Å². The van der Waals surface area contributed by atoms with Crippen molar-refractivity contribution in [2.75, 3.05) is 0 Å². The van der Waals surface area contributed by atoms with Crippen LogP contribution in [0.4, 0.5) is 0 Å².